The topological polar surface area (TPSA) is 84.2 Å². The lowest BCUT2D eigenvalue weighted by Gasteiger charge is -2.14. The van der Waals surface area contributed by atoms with E-state index in [-0.39, 0.29) is 23.5 Å². The van der Waals surface area contributed by atoms with Gasteiger partial charge in [0.1, 0.15) is 0 Å². The molecule has 1 aromatic heterocycles. The summed E-state index contributed by atoms with van der Waals surface area (Å²) in [6, 6.07) is 0.166. The van der Waals surface area contributed by atoms with Crippen molar-refractivity contribution in [1.29, 1.82) is 0 Å². The fraction of sp³-hybridized carbons (Fsp3) is 0.750. The van der Waals surface area contributed by atoms with Crippen molar-refractivity contribution in [3.8, 4) is 0 Å². The van der Waals surface area contributed by atoms with Crippen LogP contribution >= 0.6 is 0 Å². The second kappa shape index (κ2) is 6.49. The van der Waals surface area contributed by atoms with E-state index in [9.17, 15) is 13.5 Å². The normalized spacial score (nSPS) is 14.3. The van der Waals surface area contributed by atoms with Crippen LogP contribution in [0.3, 0.4) is 0 Å². The predicted molar refractivity (Wildman–Crippen MR) is 73.3 cm³/mol. The van der Waals surface area contributed by atoms with Gasteiger partial charge in [0.05, 0.1) is 12.4 Å². The molecule has 0 fully saturated rings. The molecule has 0 bridgehead atoms. The molecule has 0 aromatic carbocycles. The second-order valence-corrected chi connectivity index (χ2v) is 6.96. The summed E-state index contributed by atoms with van der Waals surface area (Å²) in [5.41, 5.74) is 0. The Kier molecular flexibility index (Phi) is 5.51. The van der Waals surface area contributed by atoms with Gasteiger partial charge in [0.15, 0.2) is 5.03 Å². The summed E-state index contributed by atoms with van der Waals surface area (Å²) in [7, 11) is -3.59. The van der Waals surface area contributed by atoms with Crippen LogP contribution in [0, 0.1) is 5.92 Å². The predicted octanol–water partition coefficient (Wildman–Crippen LogP) is 1.15. The average Bonchev–Trinajstić information content (AvgIpc) is 2.78. The zero-order valence-electron chi connectivity index (χ0n) is 11.9. The number of aliphatic hydroxyl groups excluding tert-OH is 1. The van der Waals surface area contributed by atoms with Gasteiger partial charge >= 0.3 is 0 Å². The third-order valence-corrected chi connectivity index (χ3v) is 4.30. The minimum atomic E-state index is -3.59. The van der Waals surface area contributed by atoms with Crippen LogP contribution in [0.5, 0.6) is 0 Å². The molecule has 2 N–H and O–H groups in total. The van der Waals surface area contributed by atoms with Crippen molar-refractivity contribution < 1.29 is 13.5 Å². The molecule has 1 aromatic rings. The van der Waals surface area contributed by atoms with E-state index in [1.165, 1.54) is 12.5 Å². The van der Waals surface area contributed by atoms with Gasteiger partial charge < -0.3 is 9.67 Å². The van der Waals surface area contributed by atoms with Crippen molar-refractivity contribution in [2.45, 2.75) is 51.3 Å². The third-order valence-electron chi connectivity index (χ3n) is 2.95. The van der Waals surface area contributed by atoms with Crippen LogP contribution in [0.15, 0.2) is 17.6 Å². The first-order chi connectivity index (χ1) is 8.74. The molecule has 6 nitrogen and oxygen atoms in total. The maximum atomic E-state index is 12.0. The molecule has 0 aliphatic rings. The Balaban J connectivity index is 2.60. The molecule has 7 heteroatoms. The largest absolute Gasteiger partial charge is 0.393 e. The Morgan fingerprint density at radius 3 is 2.47 bits per heavy atom. The van der Waals surface area contributed by atoms with Crippen molar-refractivity contribution in [2.75, 3.05) is 6.54 Å². The van der Waals surface area contributed by atoms with Crippen LogP contribution in [0.4, 0.5) is 0 Å². The number of aromatic nitrogens is 2. The summed E-state index contributed by atoms with van der Waals surface area (Å²) in [6.07, 6.45) is 2.89. The summed E-state index contributed by atoms with van der Waals surface area (Å²) in [5.74, 6) is 0.115. The van der Waals surface area contributed by atoms with E-state index in [0.29, 0.717) is 6.42 Å². The summed E-state index contributed by atoms with van der Waals surface area (Å²) in [5, 5.41) is 9.63. The zero-order chi connectivity index (χ0) is 14.6. The Hall–Kier alpha value is -0.920. The van der Waals surface area contributed by atoms with E-state index in [0.717, 1.165) is 0 Å². The number of nitrogens with zero attached hydrogens (tertiary/aromatic N) is 2. The number of hydrogen-bond donors (Lipinski definition) is 2. The number of imidazole rings is 1. The highest BCUT2D eigenvalue weighted by molar-refractivity contribution is 7.89. The molecule has 0 aliphatic carbocycles. The molecule has 1 heterocycles. The summed E-state index contributed by atoms with van der Waals surface area (Å²) >= 11 is 0. The van der Waals surface area contributed by atoms with Crippen molar-refractivity contribution in [3.63, 3.8) is 0 Å². The van der Waals surface area contributed by atoms with Crippen molar-refractivity contribution in [3.05, 3.63) is 12.5 Å². The highest BCUT2D eigenvalue weighted by Gasteiger charge is 2.18. The van der Waals surface area contributed by atoms with Crippen LogP contribution in [0.1, 0.15) is 40.2 Å². The van der Waals surface area contributed by atoms with Gasteiger partial charge in [0.25, 0.3) is 10.0 Å². The number of sulfonamides is 1. The van der Waals surface area contributed by atoms with E-state index in [1.54, 1.807) is 4.57 Å². The Morgan fingerprint density at radius 1 is 1.37 bits per heavy atom. The van der Waals surface area contributed by atoms with Gasteiger partial charge in [0.2, 0.25) is 0 Å². The standard InChI is InChI=1S/C12H23N3O3S/c1-9(2)11(16)5-6-14-19(17,18)12-7-15(8-13-12)10(3)4/h7-11,14,16H,5-6H2,1-4H3. The SMILES string of the molecule is CC(C)C(O)CCNS(=O)(=O)c1cn(C(C)C)cn1. The van der Waals surface area contributed by atoms with Crippen LogP contribution < -0.4 is 4.72 Å². The molecule has 0 saturated carbocycles. The quantitative estimate of drug-likeness (QED) is 0.788. The molecular formula is C12H23N3O3S. The molecule has 110 valence electrons. The maximum Gasteiger partial charge on any atom is 0.259 e. The van der Waals surface area contributed by atoms with Crippen LogP contribution in [0.25, 0.3) is 0 Å². The van der Waals surface area contributed by atoms with Gasteiger partial charge in [-0.2, -0.15) is 0 Å². The van der Waals surface area contributed by atoms with Crippen LogP contribution in [-0.4, -0.2) is 35.7 Å². The lowest BCUT2D eigenvalue weighted by molar-refractivity contribution is 0.118. The maximum absolute atomic E-state index is 12.0. The lowest BCUT2D eigenvalue weighted by Crippen LogP contribution is -2.29. The summed E-state index contributed by atoms with van der Waals surface area (Å²) in [6.45, 7) is 7.89. The highest BCUT2D eigenvalue weighted by atomic mass is 32.2. The van der Waals surface area contributed by atoms with Crippen molar-refractivity contribution in [2.24, 2.45) is 5.92 Å². The molecule has 19 heavy (non-hydrogen) atoms. The first-order valence-corrected chi connectivity index (χ1v) is 7.93. The third kappa shape index (κ3) is 4.59. The zero-order valence-corrected chi connectivity index (χ0v) is 12.7. The van der Waals surface area contributed by atoms with Gasteiger partial charge in [-0.3, -0.25) is 0 Å². The Morgan fingerprint density at radius 2 is 2.00 bits per heavy atom. The number of aliphatic hydroxyl groups is 1. The molecule has 1 atom stereocenters. The molecule has 0 radical (unpaired) electrons. The molecule has 0 spiro atoms. The molecule has 0 saturated heterocycles. The molecule has 0 amide bonds. The molecule has 1 unspecified atom stereocenters. The van der Waals surface area contributed by atoms with Crippen LogP contribution in [0.2, 0.25) is 0 Å². The lowest BCUT2D eigenvalue weighted by atomic mass is 10.1. The fourth-order valence-electron chi connectivity index (χ4n) is 1.49. The minimum Gasteiger partial charge on any atom is -0.393 e. The number of rotatable bonds is 7. The Bertz CT molecular complexity index is 494. The highest BCUT2D eigenvalue weighted by Crippen LogP contribution is 2.10. The number of nitrogens with one attached hydrogen (secondary N) is 1. The number of hydrogen-bond acceptors (Lipinski definition) is 4. The van der Waals surface area contributed by atoms with Crippen molar-refractivity contribution >= 4 is 10.0 Å². The summed E-state index contributed by atoms with van der Waals surface area (Å²) in [4.78, 5) is 3.89. The first kappa shape index (κ1) is 16.1. The first-order valence-electron chi connectivity index (χ1n) is 6.45. The van der Waals surface area contributed by atoms with Gasteiger partial charge in [0, 0.05) is 18.8 Å². The van der Waals surface area contributed by atoms with E-state index >= 15 is 0 Å². The van der Waals surface area contributed by atoms with Crippen molar-refractivity contribution in [1.82, 2.24) is 14.3 Å². The van der Waals surface area contributed by atoms with E-state index < -0.39 is 16.1 Å². The van der Waals surface area contributed by atoms with E-state index in [1.807, 2.05) is 27.7 Å². The van der Waals surface area contributed by atoms with Gasteiger partial charge in [-0.1, -0.05) is 13.8 Å². The van der Waals surface area contributed by atoms with E-state index in [2.05, 4.69) is 9.71 Å². The van der Waals surface area contributed by atoms with Gasteiger partial charge in [-0.15, -0.1) is 0 Å². The molecule has 0 aliphatic heterocycles. The average molecular weight is 289 g/mol. The van der Waals surface area contributed by atoms with Gasteiger partial charge in [-0.25, -0.2) is 18.1 Å². The van der Waals surface area contributed by atoms with E-state index in [4.69, 9.17) is 0 Å². The molecule has 1 rings (SSSR count). The monoisotopic (exact) mass is 289 g/mol. The fourth-order valence-corrected chi connectivity index (χ4v) is 2.47. The van der Waals surface area contributed by atoms with Crippen LogP contribution in [-0.2, 0) is 10.0 Å². The van der Waals surface area contributed by atoms with Gasteiger partial charge in [-0.05, 0) is 26.2 Å². The minimum absolute atomic E-state index is 0.0141. The summed E-state index contributed by atoms with van der Waals surface area (Å²) < 4.78 is 28.1. The smallest absolute Gasteiger partial charge is 0.259 e. The Labute approximate surface area is 114 Å². The second-order valence-electron chi connectivity index (χ2n) is 5.25. The molecular weight excluding hydrogens is 266 g/mol.